The number of nitrogen functional groups attached to an aromatic ring is 1. The van der Waals surface area contributed by atoms with E-state index in [0.29, 0.717) is 31.0 Å². The molecule has 0 amide bonds. The van der Waals surface area contributed by atoms with Crippen LogP contribution in [0.5, 0.6) is 0 Å². The molecule has 2 aromatic heterocycles. The molecule has 0 unspecified atom stereocenters. The van der Waals surface area contributed by atoms with Crippen LogP contribution in [0.1, 0.15) is 93.1 Å². The molecule has 2 aromatic rings. The first kappa shape index (κ1) is 34.6. The topological polar surface area (TPSA) is 140 Å². The molecule has 0 fully saturated rings. The quantitative estimate of drug-likeness (QED) is 0.150. The van der Waals surface area contributed by atoms with Gasteiger partial charge in [0, 0.05) is 26.1 Å². The maximum atomic E-state index is 10.2. The van der Waals surface area contributed by atoms with Gasteiger partial charge in [-0.2, -0.15) is 13.0 Å². The van der Waals surface area contributed by atoms with Crippen molar-refractivity contribution in [3.8, 4) is 0 Å². The lowest BCUT2D eigenvalue weighted by Gasteiger charge is -2.02. The van der Waals surface area contributed by atoms with Gasteiger partial charge in [-0.25, -0.2) is 14.2 Å². The summed E-state index contributed by atoms with van der Waals surface area (Å²) in [4.78, 5) is 9.53. The molecule has 2 rings (SSSR count). The Labute approximate surface area is 226 Å². The van der Waals surface area contributed by atoms with Gasteiger partial charge >= 0.3 is 10.4 Å². The number of unbranched alkanes of at least 4 members (excludes halogenated alkanes) is 9. The number of nitrogens with two attached hydrogens (primary N) is 1. The summed E-state index contributed by atoms with van der Waals surface area (Å²) in [7, 11) is -4.23. The van der Waals surface area contributed by atoms with Gasteiger partial charge in [-0.1, -0.05) is 76.0 Å². The maximum absolute atomic E-state index is 10.2. The largest absolute Gasteiger partial charge is 0.397 e. The molecule has 2 heterocycles. The highest BCUT2D eigenvalue weighted by atomic mass is 35.5. The lowest BCUT2D eigenvalue weighted by Crippen LogP contribution is -2.35. The van der Waals surface area contributed by atoms with Crippen LogP contribution in [-0.4, -0.2) is 41.3 Å². The van der Waals surface area contributed by atoms with E-state index in [2.05, 4.69) is 25.6 Å². The van der Waals surface area contributed by atoms with E-state index < -0.39 is 10.4 Å². The van der Waals surface area contributed by atoms with Crippen LogP contribution in [0, 0.1) is 13.8 Å². The monoisotopic (exact) mass is 567 g/mol. The van der Waals surface area contributed by atoms with Crippen LogP contribution in [-0.2, 0) is 27.5 Å². The summed E-state index contributed by atoms with van der Waals surface area (Å²) in [6.45, 7) is 7.02. The number of halogens is 1. The van der Waals surface area contributed by atoms with Gasteiger partial charge in [0.1, 0.15) is 11.6 Å². The van der Waals surface area contributed by atoms with Gasteiger partial charge in [0.15, 0.2) is 12.2 Å². The minimum Gasteiger partial charge on any atom is -0.396 e. The Morgan fingerprint density at radius 2 is 1.64 bits per heavy atom. The molecule has 208 valence electrons. The van der Waals surface area contributed by atoms with Crippen molar-refractivity contribution in [3.05, 3.63) is 33.7 Å². The molecular formula is C24H44ClN4O5S2+. The molecule has 0 saturated carbocycles. The Morgan fingerprint density at radius 1 is 1.06 bits per heavy atom. The fraction of sp³-hybridized carbons (Fsp3) is 0.708. The number of anilines is 1. The lowest BCUT2D eigenvalue weighted by molar-refractivity contribution is -0.689. The zero-order valence-electron chi connectivity index (χ0n) is 21.8. The fourth-order valence-corrected chi connectivity index (χ4v) is 4.83. The molecule has 0 aliphatic heterocycles. The van der Waals surface area contributed by atoms with Crippen molar-refractivity contribution in [2.75, 3.05) is 18.9 Å². The zero-order chi connectivity index (χ0) is 26.1. The summed E-state index contributed by atoms with van der Waals surface area (Å²) < 4.78 is 35.1. The Balaban J connectivity index is 0.000000664. The Bertz CT molecular complexity index is 958. The van der Waals surface area contributed by atoms with E-state index in [1.165, 1.54) is 49.8 Å². The summed E-state index contributed by atoms with van der Waals surface area (Å²) in [5.41, 5.74) is 10.0. The molecule has 12 heteroatoms. The van der Waals surface area contributed by atoms with Crippen molar-refractivity contribution in [1.82, 2.24) is 9.97 Å². The van der Waals surface area contributed by atoms with Gasteiger partial charge in [0.05, 0.1) is 17.0 Å². The highest BCUT2D eigenvalue weighted by Gasteiger charge is 2.17. The molecule has 0 aliphatic carbocycles. The normalized spacial score (nSPS) is 11.0. The molecular weight excluding hydrogens is 524 g/mol. The second-order valence-electron chi connectivity index (χ2n) is 8.59. The molecule has 9 nitrogen and oxygen atoms in total. The molecule has 0 aromatic carbocycles. The highest BCUT2D eigenvalue weighted by Crippen LogP contribution is 2.14. The minimum absolute atomic E-state index is 0. The molecule has 0 bridgehead atoms. The first-order valence-electron chi connectivity index (χ1n) is 12.4. The number of nitrogens with zero attached hydrogens (tertiary/aromatic N) is 3. The number of thiazole rings is 1. The number of hydrogen-bond donors (Lipinski definition) is 3. The van der Waals surface area contributed by atoms with Crippen molar-refractivity contribution in [2.45, 2.75) is 97.9 Å². The smallest absolute Gasteiger partial charge is 0.396 e. The van der Waals surface area contributed by atoms with E-state index in [-0.39, 0.29) is 25.6 Å². The summed E-state index contributed by atoms with van der Waals surface area (Å²) in [6.07, 6.45) is 14.3. The first-order chi connectivity index (χ1) is 16.7. The van der Waals surface area contributed by atoms with Crippen molar-refractivity contribution >= 4 is 40.0 Å². The third kappa shape index (κ3) is 15.7. The van der Waals surface area contributed by atoms with Crippen LogP contribution >= 0.6 is 23.7 Å². The Morgan fingerprint density at radius 3 is 2.17 bits per heavy atom. The summed E-state index contributed by atoms with van der Waals surface area (Å²) >= 11 is 1.65. The molecule has 4 N–H and O–H groups in total. The molecule has 0 spiro atoms. The summed E-state index contributed by atoms with van der Waals surface area (Å²) in [5.74, 6) is 1.22. The Kier molecular flexibility index (Phi) is 19.0. The van der Waals surface area contributed by atoms with E-state index in [1.54, 1.807) is 17.5 Å². The second kappa shape index (κ2) is 19.7. The molecule has 0 atom stereocenters. The number of aliphatic hydroxyl groups is 1. The standard InChI is InChI=1S/C12H17N4OS.C12H26O4S.ClH/c1-8-11(3-4-17)18-7-16(8)6-10-5-14-9(2)15-12(10)13;1-2-3-4-5-6-7-8-9-10-11-12-16-17(13,14)15;/h5,7,17H,3-4,6H2,1-2H3,(H2,13,14,15);2-12H2,1H3,(H,13,14,15);1H/q+1;;. The van der Waals surface area contributed by atoms with Crippen molar-refractivity contribution in [3.63, 3.8) is 0 Å². The van der Waals surface area contributed by atoms with Gasteiger partial charge < -0.3 is 10.8 Å². The third-order valence-electron chi connectivity index (χ3n) is 5.58. The summed E-state index contributed by atoms with van der Waals surface area (Å²) in [5, 5.41) is 8.98. The van der Waals surface area contributed by atoms with E-state index in [9.17, 15) is 8.42 Å². The van der Waals surface area contributed by atoms with Gasteiger partial charge in [-0.05, 0) is 13.3 Å². The predicted molar refractivity (Wildman–Crippen MR) is 147 cm³/mol. The average Bonchev–Trinajstić information content (AvgIpc) is 3.13. The SMILES string of the molecule is CCCCCCCCCCCCOS(=O)(=O)O.Cc1ncc(C[n+]2csc(CCO)c2C)c(N)n1.Cl. The second-order valence-corrected chi connectivity index (χ2v) is 10.6. The van der Waals surface area contributed by atoms with Gasteiger partial charge in [-0.15, -0.1) is 12.4 Å². The van der Waals surface area contributed by atoms with E-state index in [1.807, 2.05) is 19.4 Å². The highest BCUT2D eigenvalue weighted by molar-refractivity contribution is 7.80. The third-order valence-corrected chi connectivity index (χ3v) is 7.19. The predicted octanol–water partition coefficient (Wildman–Crippen LogP) is 4.76. The van der Waals surface area contributed by atoms with Crippen molar-refractivity contribution in [1.29, 1.82) is 0 Å². The average molecular weight is 568 g/mol. The Hall–Kier alpha value is -1.37. The van der Waals surface area contributed by atoms with Crippen LogP contribution in [0.25, 0.3) is 0 Å². The number of aryl methyl sites for hydroxylation is 1. The van der Waals surface area contributed by atoms with Crippen LogP contribution in [0.3, 0.4) is 0 Å². The zero-order valence-corrected chi connectivity index (χ0v) is 24.3. The summed E-state index contributed by atoms with van der Waals surface area (Å²) in [6, 6.07) is 0. The van der Waals surface area contributed by atoms with E-state index in [0.717, 1.165) is 24.1 Å². The van der Waals surface area contributed by atoms with Crippen molar-refractivity contribution in [2.24, 2.45) is 0 Å². The van der Waals surface area contributed by atoms with Crippen LogP contribution in [0.4, 0.5) is 5.82 Å². The molecule has 0 aliphatic rings. The molecule has 0 radical (unpaired) electrons. The number of rotatable bonds is 16. The lowest BCUT2D eigenvalue weighted by atomic mass is 10.1. The molecule has 0 saturated heterocycles. The number of hydrogen-bond acceptors (Lipinski definition) is 8. The number of aliphatic hydroxyl groups excluding tert-OH is 1. The molecule has 36 heavy (non-hydrogen) atoms. The maximum Gasteiger partial charge on any atom is 0.397 e. The van der Waals surface area contributed by atoms with E-state index in [4.69, 9.17) is 15.4 Å². The van der Waals surface area contributed by atoms with Crippen LogP contribution < -0.4 is 10.3 Å². The van der Waals surface area contributed by atoms with Gasteiger partial charge in [-0.3, -0.25) is 4.55 Å². The van der Waals surface area contributed by atoms with Crippen LogP contribution in [0.15, 0.2) is 11.7 Å². The minimum atomic E-state index is -4.23. The fourth-order valence-electron chi connectivity index (χ4n) is 3.52. The van der Waals surface area contributed by atoms with Gasteiger partial charge in [0.2, 0.25) is 5.51 Å². The first-order valence-corrected chi connectivity index (χ1v) is 14.7. The van der Waals surface area contributed by atoms with Crippen molar-refractivity contribution < 1.29 is 26.8 Å². The van der Waals surface area contributed by atoms with Crippen LogP contribution in [0.2, 0.25) is 0 Å². The number of aromatic nitrogens is 3. The van der Waals surface area contributed by atoms with Gasteiger partial charge in [0.25, 0.3) is 0 Å². The van der Waals surface area contributed by atoms with E-state index >= 15 is 0 Å².